The van der Waals surface area contributed by atoms with Crippen LogP contribution in [0.3, 0.4) is 0 Å². The van der Waals surface area contributed by atoms with Crippen molar-refractivity contribution < 1.29 is 9.53 Å². The zero-order valence-corrected chi connectivity index (χ0v) is 14.4. The lowest BCUT2D eigenvalue weighted by atomic mass is 10.1. The lowest BCUT2D eigenvalue weighted by Crippen LogP contribution is -2.39. The summed E-state index contributed by atoms with van der Waals surface area (Å²) in [6.07, 6.45) is 3.47. The van der Waals surface area contributed by atoms with Crippen LogP contribution < -0.4 is 10.1 Å². The largest absolute Gasteiger partial charge is 0.497 e. The monoisotopic (exact) mass is 374 g/mol. The SMILES string of the molecule is COc1ccc(Br)c(C(=O)N2CCC3CCC(C2)N3)c1.Cl. The van der Waals surface area contributed by atoms with Gasteiger partial charge in [-0.05, 0) is 53.4 Å². The molecule has 2 aliphatic rings. The van der Waals surface area contributed by atoms with E-state index >= 15 is 0 Å². The molecule has 1 aromatic carbocycles. The highest BCUT2D eigenvalue weighted by Crippen LogP contribution is 2.26. The Morgan fingerprint density at radius 3 is 2.86 bits per heavy atom. The lowest BCUT2D eigenvalue weighted by Gasteiger charge is -2.25. The molecule has 0 radical (unpaired) electrons. The maximum Gasteiger partial charge on any atom is 0.255 e. The number of methoxy groups -OCH3 is 1. The van der Waals surface area contributed by atoms with Gasteiger partial charge in [0.25, 0.3) is 5.91 Å². The first kappa shape index (κ1) is 16.6. The first-order valence-electron chi connectivity index (χ1n) is 7.06. The Morgan fingerprint density at radius 1 is 1.33 bits per heavy atom. The molecule has 0 spiro atoms. The van der Waals surface area contributed by atoms with E-state index in [1.54, 1.807) is 7.11 Å². The number of hydrogen-bond donors (Lipinski definition) is 1. The molecular weight excluding hydrogens is 356 g/mol. The number of amides is 1. The number of nitrogens with zero attached hydrogens (tertiary/aromatic N) is 1. The van der Waals surface area contributed by atoms with Gasteiger partial charge in [0.05, 0.1) is 12.7 Å². The molecule has 2 heterocycles. The molecule has 4 nitrogen and oxygen atoms in total. The van der Waals surface area contributed by atoms with Gasteiger partial charge >= 0.3 is 0 Å². The first-order valence-corrected chi connectivity index (χ1v) is 7.85. The number of halogens is 2. The van der Waals surface area contributed by atoms with Crippen molar-refractivity contribution in [3.05, 3.63) is 28.2 Å². The molecule has 21 heavy (non-hydrogen) atoms. The van der Waals surface area contributed by atoms with Crippen LogP contribution in [0.5, 0.6) is 5.75 Å². The molecule has 0 aliphatic carbocycles. The topological polar surface area (TPSA) is 41.6 Å². The molecular formula is C15H20BrClN2O2. The Morgan fingerprint density at radius 2 is 2.10 bits per heavy atom. The van der Waals surface area contributed by atoms with E-state index in [-0.39, 0.29) is 18.3 Å². The van der Waals surface area contributed by atoms with Gasteiger partial charge in [-0.1, -0.05) is 0 Å². The Hall–Kier alpha value is -0.780. The van der Waals surface area contributed by atoms with Gasteiger partial charge < -0.3 is 15.0 Å². The summed E-state index contributed by atoms with van der Waals surface area (Å²) in [7, 11) is 1.62. The number of hydrogen-bond acceptors (Lipinski definition) is 3. The summed E-state index contributed by atoms with van der Waals surface area (Å²) in [5, 5.41) is 3.60. The zero-order valence-electron chi connectivity index (χ0n) is 12.0. The zero-order chi connectivity index (χ0) is 14.1. The number of likely N-dealkylation sites (tertiary alicyclic amines) is 1. The second-order valence-corrected chi connectivity index (χ2v) is 6.38. The highest BCUT2D eigenvalue weighted by Gasteiger charge is 2.31. The van der Waals surface area contributed by atoms with Crippen molar-refractivity contribution in [2.45, 2.75) is 31.3 Å². The highest BCUT2D eigenvalue weighted by molar-refractivity contribution is 9.10. The molecule has 3 rings (SSSR count). The summed E-state index contributed by atoms with van der Waals surface area (Å²) >= 11 is 3.47. The Kier molecular flexibility index (Phi) is 5.52. The van der Waals surface area contributed by atoms with Gasteiger partial charge in [-0.15, -0.1) is 12.4 Å². The Bertz CT molecular complexity index is 526. The molecule has 116 valence electrons. The van der Waals surface area contributed by atoms with E-state index in [0.29, 0.717) is 23.4 Å². The minimum Gasteiger partial charge on any atom is -0.497 e. The van der Waals surface area contributed by atoms with Gasteiger partial charge in [0.15, 0.2) is 0 Å². The predicted molar refractivity (Wildman–Crippen MR) is 88.4 cm³/mol. The molecule has 2 fully saturated rings. The fraction of sp³-hybridized carbons (Fsp3) is 0.533. The van der Waals surface area contributed by atoms with Crippen molar-refractivity contribution >= 4 is 34.2 Å². The third-order valence-corrected chi connectivity index (χ3v) is 4.91. The van der Waals surface area contributed by atoms with Crippen LogP contribution in [0, 0.1) is 0 Å². The smallest absolute Gasteiger partial charge is 0.255 e. The normalized spacial score (nSPS) is 24.2. The highest BCUT2D eigenvalue weighted by atomic mass is 79.9. The summed E-state index contributed by atoms with van der Waals surface area (Å²) in [5.74, 6) is 0.802. The average molecular weight is 376 g/mol. The van der Waals surface area contributed by atoms with E-state index in [9.17, 15) is 4.79 Å². The van der Waals surface area contributed by atoms with Gasteiger partial charge in [0.2, 0.25) is 0 Å². The average Bonchev–Trinajstić information content (AvgIpc) is 2.78. The number of fused-ring (bicyclic) bond motifs is 2. The van der Waals surface area contributed by atoms with Crippen molar-refractivity contribution in [3.63, 3.8) is 0 Å². The van der Waals surface area contributed by atoms with E-state index in [1.165, 1.54) is 12.8 Å². The van der Waals surface area contributed by atoms with Crippen LogP contribution in [-0.4, -0.2) is 43.1 Å². The van der Waals surface area contributed by atoms with Gasteiger partial charge in [-0.2, -0.15) is 0 Å². The van der Waals surface area contributed by atoms with Crippen LogP contribution in [0.2, 0.25) is 0 Å². The molecule has 0 aromatic heterocycles. The molecule has 2 aliphatic heterocycles. The second kappa shape index (κ2) is 6.99. The minimum absolute atomic E-state index is 0. The fourth-order valence-electron chi connectivity index (χ4n) is 3.09. The Labute approximate surface area is 139 Å². The third-order valence-electron chi connectivity index (χ3n) is 4.21. The number of nitrogens with one attached hydrogen (secondary N) is 1. The van der Waals surface area contributed by atoms with E-state index in [2.05, 4.69) is 21.2 Å². The summed E-state index contributed by atoms with van der Waals surface area (Å²) in [6.45, 7) is 1.63. The molecule has 1 N–H and O–H groups in total. The number of benzene rings is 1. The maximum atomic E-state index is 12.7. The van der Waals surface area contributed by atoms with Crippen molar-refractivity contribution in [2.24, 2.45) is 0 Å². The van der Waals surface area contributed by atoms with Crippen molar-refractivity contribution in [2.75, 3.05) is 20.2 Å². The molecule has 2 saturated heterocycles. The van der Waals surface area contributed by atoms with E-state index in [4.69, 9.17) is 4.74 Å². The number of carbonyl (C=O) groups is 1. The first-order chi connectivity index (χ1) is 9.67. The van der Waals surface area contributed by atoms with Gasteiger partial charge in [0, 0.05) is 29.6 Å². The van der Waals surface area contributed by atoms with Crippen molar-refractivity contribution in [1.82, 2.24) is 10.2 Å². The summed E-state index contributed by atoms with van der Waals surface area (Å²) < 4.78 is 6.04. The molecule has 2 bridgehead atoms. The lowest BCUT2D eigenvalue weighted by molar-refractivity contribution is 0.0747. The molecule has 1 aromatic rings. The molecule has 2 atom stereocenters. The minimum atomic E-state index is 0. The molecule has 2 unspecified atom stereocenters. The fourth-order valence-corrected chi connectivity index (χ4v) is 3.51. The van der Waals surface area contributed by atoms with Crippen LogP contribution in [0.4, 0.5) is 0 Å². The number of rotatable bonds is 2. The van der Waals surface area contributed by atoms with Crippen molar-refractivity contribution in [1.29, 1.82) is 0 Å². The van der Waals surface area contributed by atoms with Crippen LogP contribution >= 0.6 is 28.3 Å². The third kappa shape index (κ3) is 3.52. The van der Waals surface area contributed by atoms with Gasteiger partial charge in [-0.25, -0.2) is 0 Å². The van der Waals surface area contributed by atoms with Crippen LogP contribution in [-0.2, 0) is 0 Å². The van der Waals surface area contributed by atoms with E-state index in [0.717, 1.165) is 24.0 Å². The van der Waals surface area contributed by atoms with Crippen LogP contribution in [0.15, 0.2) is 22.7 Å². The molecule has 0 saturated carbocycles. The van der Waals surface area contributed by atoms with E-state index < -0.39 is 0 Å². The summed E-state index contributed by atoms with van der Waals surface area (Å²) in [6, 6.07) is 6.58. The van der Waals surface area contributed by atoms with Crippen LogP contribution in [0.1, 0.15) is 29.6 Å². The quantitative estimate of drug-likeness (QED) is 0.864. The predicted octanol–water partition coefficient (Wildman–Crippen LogP) is 2.85. The Balaban J connectivity index is 0.00000161. The van der Waals surface area contributed by atoms with Gasteiger partial charge in [0.1, 0.15) is 5.75 Å². The van der Waals surface area contributed by atoms with E-state index in [1.807, 2.05) is 23.1 Å². The molecule has 6 heteroatoms. The summed E-state index contributed by atoms with van der Waals surface area (Å²) in [5.41, 5.74) is 0.683. The van der Waals surface area contributed by atoms with Crippen molar-refractivity contribution in [3.8, 4) is 5.75 Å². The number of carbonyl (C=O) groups excluding carboxylic acids is 1. The van der Waals surface area contributed by atoms with Gasteiger partial charge in [-0.3, -0.25) is 4.79 Å². The number of ether oxygens (including phenoxy) is 1. The van der Waals surface area contributed by atoms with Crippen LogP contribution in [0.25, 0.3) is 0 Å². The summed E-state index contributed by atoms with van der Waals surface area (Å²) in [4.78, 5) is 14.7. The second-order valence-electron chi connectivity index (χ2n) is 5.52. The maximum absolute atomic E-state index is 12.7. The molecule has 1 amide bonds. The standard InChI is InChI=1S/C15H19BrN2O2.ClH/c1-20-12-4-5-14(16)13(8-12)15(19)18-7-6-10-2-3-11(9-18)17-10;/h4-5,8,10-11,17H,2-3,6-7,9H2,1H3;1H.